The number of methoxy groups -OCH3 is 1. The van der Waals surface area contributed by atoms with Gasteiger partial charge in [0.05, 0.1) is 13.2 Å². The summed E-state index contributed by atoms with van der Waals surface area (Å²) in [5.41, 5.74) is 3.26. The first-order chi connectivity index (χ1) is 13.5. The molecule has 0 atom stereocenters. The lowest BCUT2D eigenvalue weighted by atomic mass is 10.1. The van der Waals surface area contributed by atoms with Gasteiger partial charge in [-0.2, -0.15) is 5.26 Å². The number of nitrogens with one attached hydrogen (secondary N) is 1. The summed E-state index contributed by atoms with van der Waals surface area (Å²) in [6.45, 7) is 5.30. The number of hydrogen-bond acceptors (Lipinski definition) is 5. The molecule has 0 unspecified atom stereocenters. The molecule has 0 bridgehead atoms. The van der Waals surface area contributed by atoms with Gasteiger partial charge in [-0.1, -0.05) is 12.1 Å². The van der Waals surface area contributed by atoms with Gasteiger partial charge in [0, 0.05) is 12.6 Å². The Bertz CT molecular complexity index is 823. The van der Waals surface area contributed by atoms with Crippen LogP contribution in [0.3, 0.4) is 0 Å². The Morgan fingerprint density at radius 2 is 1.75 bits per heavy atom. The number of nitrogens with zero attached hydrogens (tertiary/aromatic N) is 1. The highest BCUT2D eigenvalue weighted by Gasteiger charge is 2.08. The van der Waals surface area contributed by atoms with E-state index in [1.54, 1.807) is 7.11 Å². The fourth-order valence-corrected chi connectivity index (χ4v) is 2.80. The highest BCUT2D eigenvalue weighted by Crippen LogP contribution is 2.25. The highest BCUT2D eigenvalue weighted by molar-refractivity contribution is 5.77. The average molecular weight is 382 g/mol. The summed E-state index contributed by atoms with van der Waals surface area (Å²) in [6, 6.07) is 13.5. The van der Waals surface area contributed by atoms with Crippen molar-refractivity contribution in [2.24, 2.45) is 0 Å². The van der Waals surface area contributed by atoms with Gasteiger partial charge in [-0.05, 0) is 55.2 Å². The van der Waals surface area contributed by atoms with E-state index in [0.717, 1.165) is 22.4 Å². The minimum atomic E-state index is -0.277. The van der Waals surface area contributed by atoms with E-state index in [0.29, 0.717) is 37.7 Å². The Hall–Kier alpha value is -3.20. The lowest BCUT2D eigenvalue weighted by Gasteiger charge is -2.14. The summed E-state index contributed by atoms with van der Waals surface area (Å²) in [5, 5.41) is 11.2. The number of amides is 1. The maximum absolute atomic E-state index is 11.4. The monoisotopic (exact) mass is 382 g/mol. The van der Waals surface area contributed by atoms with Crippen LogP contribution in [0.2, 0.25) is 0 Å². The molecule has 0 radical (unpaired) electrons. The molecule has 0 spiro atoms. The van der Waals surface area contributed by atoms with Crippen LogP contribution in [0.4, 0.5) is 0 Å². The molecule has 1 N–H and O–H groups in total. The summed E-state index contributed by atoms with van der Waals surface area (Å²) in [5.74, 6) is 1.94. The SMILES string of the molecule is COc1ccc(CCNC(=O)CC#N)c(OCCOc2cc(C)cc(C)c2)c1. The zero-order valence-electron chi connectivity index (χ0n) is 16.6. The molecule has 148 valence electrons. The third-order valence-corrected chi connectivity index (χ3v) is 4.04. The lowest BCUT2D eigenvalue weighted by molar-refractivity contribution is -0.120. The molecule has 28 heavy (non-hydrogen) atoms. The first-order valence-corrected chi connectivity index (χ1v) is 9.16. The van der Waals surface area contributed by atoms with Crippen molar-refractivity contribution in [2.45, 2.75) is 26.7 Å². The highest BCUT2D eigenvalue weighted by atomic mass is 16.5. The van der Waals surface area contributed by atoms with E-state index in [4.69, 9.17) is 19.5 Å². The van der Waals surface area contributed by atoms with Gasteiger partial charge in [0.1, 0.15) is 36.9 Å². The second-order valence-corrected chi connectivity index (χ2v) is 6.43. The van der Waals surface area contributed by atoms with Crippen molar-refractivity contribution >= 4 is 5.91 Å². The van der Waals surface area contributed by atoms with Gasteiger partial charge in [0.2, 0.25) is 5.91 Å². The van der Waals surface area contributed by atoms with Crippen LogP contribution in [-0.2, 0) is 11.2 Å². The van der Waals surface area contributed by atoms with Crippen LogP contribution < -0.4 is 19.5 Å². The molecular weight excluding hydrogens is 356 g/mol. The molecule has 6 nitrogen and oxygen atoms in total. The first-order valence-electron chi connectivity index (χ1n) is 9.16. The number of carbonyl (C=O) groups excluding carboxylic acids is 1. The summed E-state index contributed by atoms with van der Waals surface area (Å²) < 4.78 is 16.9. The van der Waals surface area contributed by atoms with Crippen LogP contribution in [0.5, 0.6) is 17.2 Å². The van der Waals surface area contributed by atoms with Gasteiger partial charge in [-0.15, -0.1) is 0 Å². The Kier molecular flexibility index (Phi) is 8.16. The standard InChI is InChI=1S/C22H26N2O4/c1-16-12-17(2)14-20(13-16)27-10-11-28-21-15-19(26-3)5-4-18(21)7-9-24-22(25)6-8-23/h4-5,12-15H,6-7,9-11H2,1-3H3,(H,24,25). The van der Waals surface area contributed by atoms with E-state index in [1.807, 2.05) is 50.2 Å². The normalized spacial score (nSPS) is 10.1. The molecular formula is C22H26N2O4. The predicted octanol–water partition coefficient (Wildman–Crippen LogP) is 3.34. The van der Waals surface area contributed by atoms with Crippen LogP contribution in [0.15, 0.2) is 36.4 Å². The van der Waals surface area contributed by atoms with Crippen molar-refractivity contribution in [2.75, 3.05) is 26.9 Å². The van der Waals surface area contributed by atoms with Crippen LogP contribution in [-0.4, -0.2) is 32.8 Å². The third kappa shape index (κ3) is 6.84. The van der Waals surface area contributed by atoms with E-state index < -0.39 is 0 Å². The summed E-state index contributed by atoms with van der Waals surface area (Å²) in [4.78, 5) is 11.4. The van der Waals surface area contributed by atoms with Crippen molar-refractivity contribution in [3.05, 3.63) is 53.1 Å². The Labute approximate surface area is 166 Å². The summed E-state index contributed by atoms with van der Waals surface area (Å²) in [7, 11) is 1.60. The number of hydrogen-bond donors (Lipinski definition) is 1. The Balaban J connectivity index is 1.91. The van der Waals surface area contributed by atoms with Crippen LogP contribution in [0.25, 0.3) is 0 Å². The molecule has 6 heteroatoms. The van der Waals surface area contributed by atoms with Gasteiger partial charge in [0.25, 0.3) is 0 Å². The molecule has 0 aliphatic carbocycles. The van der Waals surface area contributed by atoms with Crippen molar-refractivity contribution in [3.63, 3.8) is 0 Å². The number of aryl methyl sites for hydroxylation is 2. The maximum atomic E-state index is 11.4. The quantitative estimate of drug-likeness (QED) is 0.638. The molecule has 0 aliphatic heterocycles. The largest absolute Gasteiger partial charge is 0.497 e. The maximum Gasteiger partial charge on any atom is 0.234 e. The van der Waals surface area contributed by atoms with Gasteiger partial charge in [0.15, 0.2) is 0 Å². The van der Waals surface area contributed by atoms with Crippen molar-refractivity contribution < 1.29 is 19.0 Å². The second-order valence-electron chi connectivity index (χ2n) is 6.43. The molecule has 2 aromatic carbocycles. The van der Waals surface area contributed by atoms with Crippen LogP contribution in [0, 0.1) is 25.2 Å². The molecule has 0 saturated carbocycles. The van der Waals surface area contributed by atoms with Gasteiger partial charge in [-0.25, -0.2) is 0 Å². The van der Waals surface area contributed by atoms with Gasteiger partial charge < -0.3 is 19.5 Å². The van der Waals surface area contributed by atoms with Crippen molar-refractivity contribution in [1.29, 1.82) is 5.26 Å². The fourth-order valence-electron chi connectivity index (χ4n) is 2.80. The van der Waals surface area contributed by atoms with Crippen molar-refractivity contribution in [1.82, 2.24) is 5.32 Å². The molecule has 0 heterocycles. The fraction of sp³-hybridized carbons (Fsp3) is 0.364. The molecule has 1 amide bonds. The minimum absolute atomic E-state index is 0.137. The number of benzene rings is 2. The van der Waals surface area contributed by atoms with Crippen LogP contribution in [0.1, 0.15) is 23.1 Å². The zero-order valence-corrected chi connectivity index (χ0v) is 16.6. The minimum Gasteiger partial charge on any atom is -0.497 e. The summed E-state index contributed by atoms with van der Waals surface area (Å²) in [6.07, 6.45) is 0.455. The third-order valence-electron chi connectivity index (χ3n) is 4.04. The topological polar surface area (TPSA) is 80.6 Å². The van der Waals surface area contributed by atoms with E-state index in [1.165, 1.54) is 0 Å². The molecule has 0 aliphatic rings. The Morgan fingerprint density at radius 1 is 1.04 bits per heavy atom. The average Bonchev–Trinajstić information content (AvgIpc) is 2.65. The molecule has 0 fully saturated rings. The first kappa shape index (κ1) is 21.1. The molecule has 2 rings (SSSR count). The number of nitriles is 1. The number of carbonyl (C=O) groups is 1. The van der Waals surface area contributed by atoms with E-state index in [9.17, 15) is 4.79 Å². The smallest absolute Gasteiger partial charge is 0.234 e. The molecule has 0 saturated heterocycles. The zero-order chi connectivity index (χ0) is 20.4. The van der Waals surface area contributed by atoms with Gasteiger partial charge >= 0.3 is 0 Å². The number of rotatable bonds is 10. The second kappa shape index (κ2) is 10.8. The van der Waals surface area contributed by atoms with Crippen molar-refractivity contribution in [3.8, 4) is 23.3 Å². The predicted molar refractivity (Wildman–Crippen MR) is 107 cm³/mol. The van der Waals surface area contributed by atoms with E-state index in [-0.39, 0.29) is 12.3 Å². The van der Waals surface area contributed by atoms with Gasteiger partial charge in [-0.3, -0.25) is 4.79 Å². The molecule has 0 aromatic heterocycles. The van der Waals surface area contributed by atoms with E-state index >= 15 is 0 Å². The Morgan fingerprint density at radius 3 is 2.43 bits per heavy atom. The summed E-state index contributed by atoms with van der Waals surface area (Å²) >= 11 is 0. The number of ether oxygens (including phenoxy) is 3. The van der Waals surface area contributed by atoms with E-state index in [2.05, 4.69) is 11.4 Å². The van der Waals surface area contributed by atoms with Crippen LogP contribution >= 0.6 is 0 Å². The lowest BCUT2D eigenvalue weighted by Crippen LogP contribution is -2.25. The molecule has 2 aromatic rings.